The van der Waals surface area contributed by atoms with Gasteiger partial charge in [-0.1, -0.05) is 48.5 Å². The molecule has 0 fully saturated rings. The number of hydrogen-bond acceptors (Lipinski definition) is 6. The fraction of sp³-hybridized carbons (Fsp3) is 0.333. The van der Waals surface area contributed by atoms with Crippen molar-refractivity contribution in [3.63, 3.8) is 0 Å². The molecule has 2 amide bonds. The van der Waals surface area contributed by atoms with Gasteiger partial charge in [0.25, 0.3) is 0 Å². The van der Waals surface area contributed by atoms with Gasteiger partial charge in [0.1, 0.15) is 12.2 Å². The summed E-state index contributed by atoms with van der Waals surface area (Å²) in [5.74, 6) is -1.05. The Morgan fingerprint density at radius 1 is 1.00 bits per heavy atom. The largest absolute Gasteiger partial charge is 0.481 e. The van der Waals surface area contributed by atoms with Gasteiger partial charge in [0.15, 0.2) is 0 Å². The fourth-order valence-electron chi connectivity index (χ4n) is 4.63. The number of carboxylic acids is 1. The van der Waals surface area contributed by atoms with Crippen molar-refractivity contribution in [3.8, 4) is 11.1 Å². The molecule has 0 radical (unpaired) electrons. The first kappa shape index (κ1) is 27.6. The molecule has 1 heterocycles. The molecule has 0 bridgehead atoms. The Morgan fingerprint density at radius 2 is 1.64 bits per heavy atom. The van der Waals surface area contributed by atoms with E-state index in [1.165, 1.54) is 11.1 Å². The molecule has 9 nitrogen and oxygen atoms in total. The Balaban J connectivity index is 1.50. The number of carbonyl (C=O) groups is 3. The maximum atomic E-state index is 13.4. The summed E-state index contributed by atoms with van der Waals surface area (Å²) in [6.45, 7) is 5.68. The minimum atomic E-state index is -0.946. The van der Waals surface area contributed by atoms with Crippen molar-refractivity contribution in [1.29, 1.82) is 0 Å². The molecule has 0 saturated carbocycles. The minimum absolute atomic E-state index is 0.0872. The van der Waals surface area contributed by atoms with Gasteiger partial charge in [-0.2, -0.15) is 0 Å². The molecule has 0 spiro atoms. The van der Waals surface area contributed by atoms with Crippen LogP contribution >= 0.6 is 0 Å². The first-order valence-electron chi connectivity index (χ1n) is 12.9. The fourth-order valence-corrected chi connectivity index (χ4v) is 4.63. The molecule has 4 rings (SSSR count). The lowest BCUT2D eigenvalue weighted by atomic mass is 9.98. The second-order valence-electron chi connectivity index (χ2n) is 10.4. The number of benzene rings is 2. The van der Waals surface area contributed by atoms with Crippen LogP contribution in [0.5, 0.6) is 0 Å². The third-order valence-corrected chi connectivity index (χ3v) is 6.32. The van der Waals surface area contributed by atoms with E-state index in [0.29, 0.717) is 11.3 Å². The summed E-state index contributed by atoms with van der Waals surface area (Å²) < 4.78 is 11.2. The number of nitrogens with zero attached hydrogens (tertiary/aromatic N) is 2. The number of amides is 2. The zero-order chi connectivity index (χ0) is 28.0. The number of ether oxygens (including phenoxy) is 2. The van der Waals surface area contributed by atoms with Gasteiger partial charge in [0.05, 0.1) is 18.4 Å². The average Bonchev–Trinajstić information content (AvgIpc) is 3.20. The number of carboxylic acid groups (broad SMARTS) is 1. The van der Waals surface area contributed by atoms with E-state index in [-0.39, 0.29) is 38.5 Å². The van der Waals surface area contributed by atoms with Crippen LogP contribution in [0, 0.1) is 0 Å². The zero-order valence-electron chi connectivity index (χ0n) is 22.3. The number of anilines is 1. The molecule has 1 aliphatic carbocycles. The SMILES string of the molecule is CC(C)(C)OC(=O)Nc1cnccc1CN(CCCC(=O)O)C(=O)OCC1c2ccccc2-c2ccccc21. The summed E-state index contributed by atoms with van der Waals surface area (Å²) in [5.41, 5.74) is 4.77. The lowest BCUT2D eigenvalue weighted by molar-refractivity contribution is -0.137. The van der Waals surface area contributed by atoms with Gasteiger partial charge < -0.3 is 19.5 Å². The summed E-state index contributed by atoms with van der Waals surface area (Å²) in [6.07, 6.45) is 1.98. The molecule has 1 aromatic heterocycles. The molecule has 2 aromatic carbocycles. The highest BCUT2D eigenvalue weighted by molar-refractivity contribution is 5.86. The van der Waals surface area contributed by atoms with E-state index in [9.17, 15) is 14.4 Å². The van der Waals surface area contributed by atoms with E-state index in [1.807, 2.05) is 36.4 Å². The van der Waals surface area contributed by atoms with Gasteiger partial charge in [0.2, 0.25) is 0 Å². The van der Waals surface area contributed by atoms with Crippen molar-refractivity contribution >= 4 is 23.8 Å². The van der Waals surface area contributed by atoms with Crippen LogP contribution < -0.4 is 5.32 Å². The molecule has 0 aliphatic heterocycles. The van der Waals surface area contributed by atoms with Crippen LogP contribution in [-0.2, 0) is 20.8 Å². The highest BCUT2D eigenvalue weighted by Gasteiger charge is 2.30. The van der Waals surface area contributed by atoms with E-state index in [0.717, 1.165) is 22.3 Å². The van der Waals surface area contributed by atoms with E-state index >= 15 is 0 Å². The highest BCUT2D eigenvalue weighted by Crippen LogP contribution is 2.44. The number of rotatable bonds is 9. The van der Waals surface area contributed by atoms with Crippen molar-refractivity contribution < 1.29 is 29.0 Å². The van der Waals surface area contributed by atoms with Crippen LogP contribution in [0.1, 0.15) is 56.2 Å². The molecule has 0 atom stereocenters. The number of carbonyl (C=O) groups excluding carboxylic acids is 2. The molecule has 9 heteroatoms. The molecule has 0 unspecified atom stereocenters. The molecule has 2 N–H and O–H groups in total. The Hall–Kier alpha value is -4.40. The highest BCUT2D eigenvalue weighted by atomic mass is 16.6. The van der Waals surface area contributed by atoms with Crippen LogP contribution in [-0.4, -0.2) is 51.9 Å². The number of nitrogens with one attached hydrogen (secondary N) is 1. The predicted octanol–water partition coefficient (Wildman–Crippen LogP) is 6.04. The number of hydrogen-bond donors (Lipinski definition) is 2. The molecule has 204 valence electrons. The zero-order valence-corrected chi connectivity index (χ0v) is 22.3. The van der Waals surface area contributed by atoms with Crippen molar-refractivity contribution in [1.82, 2.24) is 9.88 Å². The summed E-state index contributed by atoms with van der Waals surface area (Å²) in [6, 6.07) is 17.8. The van der Waals surface area contributed by atoms with Crippen molar-refractivity contribution in [2.45, 2.75) is 51.7 Å². The Labute approximate surface area is 227 Å². The smallest absolute Gasteiger partial charge is 0.412 e. The summed E-state index contributed by atoms with van der Waals surface area (Å²) in [7, 11) is 0. The Kier molecular flexibility index (Phi) is 8.49. The van der Waals surface area contributed by atoms with Gasteiger partial charge in [0, 0.05) is 25.1 Å². The summed E-state index contributed by atoms with van der Waals surface area (Å²) >= 11 is 0. The third kappa shape index (κ3) is 7.13. The second kappa shape index (κ2) is 12.0. The van der Waals surface area contributed by atoms with E-state index in [2.05, 4.69) is 22.4 Å². The van der Waals surface area contributed by atoms with Gasteiger partial charge in [-0.05, 0) is 61.1 Å². The van der Waals surface area contributed by atoms with E-state index in [4.69, 9.17) is 14.6 Å². The van der Waals surface area contributed by atoms with E-state index < -0.39 is 23.8 Å². The molecule has 1 aliphatic rings. The van der Waals surface area contributed by atoms with Crippen molar-refractivity contribution in [2.24, 2.45) is 0 Å². The Morgan fingerprint density at radius 3 is 2.26 bits per heavy atom. The third-order valence-electron chi connectivity index (χ3n) is 6.32. The maximum Gasteiger partial charge on any atom is 0.412 e. The van der Waals surface area contributed by atoms with Crippen LogP contribution in [0.4, 0.5) is 15.3 Å². The van der Waals surface area contributed by atoms with Crippen LogP contribution in [0.3, 0.4) is 0 Å². The predicted molar refractivity (Wildman–Crippen MR) is 146 cm³/mol. The van der Waals surface area contributed by atoms with Crippen molar-refractivity contribution in [3.05, 3.63) is 83.7 Å². The normalized spacial score (nSPS) is 12.3. The first-order chi connectivity index (χ1) is 18.6. The topological polar surface area (TPSA) is 118 Å². The first-order valence-corrected chi connectivity index (χ1v) is 12.9. The quantitative estimate of drug-likeness (QED) is 0.345. The molecule has 3 aromatic rings. The number of fused-ring (bicyclic) bond motifs is 3. The van der Waals surface area contributed by atoms with Gasteiger partial charge in [-0.25, -0.2) is 9.59 Å². The van der Waals surface area contributed by atoms with Crippen molar-refractivity contribution in [2.75, 3.05) is 18.5 Å². The number of aromatic nitrogens is 1. The average molecular weight is 532 g/mol. The van der Waals surface area contributed by atoms with Crippen LogP contribution in [0.15, 0.2) is 67.0 Å². The number of pyridine rings is 1. The molecular weight excluding hydrogens is 498 g/mol. The van der Waals surface area contributed by atoms with E-state index in [1.54, 1.807) is 33.0 Å². The van der Waals surface area contributed by atoms with Gasteiger partial charge >= 0.3 is 18.2 Å². The number of aliphatic carboxylic acids is 1. The molecule has 0 saturated heterocycles. The second-order valence-corrected chi connectivity index (χ2v) is 10.4. The summed E-state index contributed by atoms with van der Waals surface area (Å²) in [4.78, 5) is 42.4. The summed E-state index contributed by atoms with van der Waals surface area (Å²) in [5, 5.41) is 11.8. The van der Waals surface area contributed by atoms with Gasteiger partial charge in [-0.3, -0.25) is 15.1 Å². The van der Waals surface area contributed by atoms with Crippen LogP contribution in [0.2, 0.25) is 0 Å². The monoisotopic (exact) mass is 531 g/mol. The molecular formula is C30H33N3O6. The lowest BCUT2D eigenvalue weighted by Gasteiger charge is -2.25. The Bertz CT molecular complexity index is 1300. The maximum absolute atomic E-state index is 13.4. The standard InChI is InChI=1S/C30H33N3O6/c1-30(2,3)39-28(36)32-26-17-31-15-14-20(26)18-33(16-8-13-27(34)35)29(37)38-19-25-23-11-6-4-9-21(23)22-10-5-7-12-24(22)25/h4-7,9-12,14-15,17,25H,8,13,16,18-19H2,1-3H3,(H,32,36)(H,34,35). The van der Waals surface area contributed by atoms with Gasteiger partial charge in [-0.15, -0.1) is 0 Å². The lowest BCUT2D eigenvalue weighted by Crippen LogP contribution is -2.34. The molecule has 39 heavy (non-hydrogen) atoms. The minimum Gasteiger partial charge on any atom is -0.481 e. The van der Waals surface area contributed by atoms with Crippen LogP contribution in [0.25, 0.3) is 11.1 Å².